The first-order valence-electron chi connectivity index (χ1n) is 4.47. The largest absolute Gasteiger partial charge is 0.475 e. The first-order valence-corrected chi connectivity index (χ1v) is 4.47. The number of carbonyl (C=O) groups is 2. The molecule has 2 aromatic rings. The third-order valence-electron chi connectivity index (χ3n) is 2.09. The van der Waals surface area contributed by atoms with E-state index in [1.807, 2.05) is 6.07 Å². The molecule has 0 bridgehead atoms. The van der Waals surface area contributed by atoms with E-state index in [0.29, 0.717) is 11.8 Å². The van der Waals surface area contributed by atoms with E-state index in [4.69, 9.17) is 5.11 Å². The predicted octanol–water partition coefficient (Wildman–Crippen LogP) is 1.85. The Bertz CT molecular complexity index is 530. The molecule has 80 valence electrons. The second kappa shape index (κ2) is 3.98. The van der Waals surface area contributed by atoms with Crippen LogP contribution >= 0.6 is 0 Å². The van der Waals surface area contributed by atoms with Gasteiger partial charge in [-0.1, -0.05) is 35.5 Å². The normalized spacial score (nSPS) is 10.0. The van der Waals surface area contributed by atoms with Gasteiger partial charge in [-0.25, -0.2) is 4.79 Å². The first-order chi connectivity index (χ1) is 7.74. The van der Waals surface area contributed by atoms with Gasteiger partial charge in [-0.2, -0.15) is 0 Å². The van der Waals surface area contributed by atoms with Crippen molar-refractivity contribution in [1.29, 1.82) is 0 Å². The maximum atomic E-state index is 10.8. The molecule has 0 spiro atoms. The van der Waals surface area contributed by atoms with Gasteiger partial charge < -0.3 is 9.63 Å². The van der Waals surface area contributed by atoms with Gasteiger partial charge in [0.15, 0.2) is 6.29 Å². The van der Waals surface area contributed by atoms with E-state index < -0.39 is 11.7 Å². The van der Waals surface area contributed by atoms with Crippen LogP contribution in [-0.4, -0.2) is 22.5 Å². The number of carbonyl (C=O) groups excluding carboxylic acids is 1. The van der Waals surface area contributed by atoms with Crippen molar-refractivity contribution in [2.75, 3.05) is 0 Å². The highest BCUT2D eigenvalue weighted by molar-refractivity contribution is 5.98. The monoisotopic (exact) mass is 217 g/mol. The maximum Gasteiger partial charge on any atom is 0.375 e. The molecule has 0 saturated heterocycles. The molecule has 0 atom stereocenters. The van der Waals surface area contributed by atoms with Crippen LogP contribution in [-0.2, 0) is 0 Å². The highest BCUT2D eigenvalue weighted by Gasteiger charge is 2.21. The molecule has 0 radical (unpaired) electrons. The van der Waals surface area contributed by atoms with Crippen LogP contribution in [0.5, 0.6) is 0 Å². The Hall–Kier alpha value is -2.43. The van der Waals surface area contributed by atoms with Crippen molar-refractivity contribution in [3.8, 4) is 11.3 Å². The number of carboxylic acids is 1. The van der Waals surface area contributed by atoms with Crippen molar-refractivity contribution in [3.05, 3.63) is 41.7 Å². The van der Waals surface area contributed by atoms with Crippen LogP contribution < -0.4 is 0 Å². The smallest absolute Gasteiger partial charge is 0.375 e. The Labute approximate surface area is 90.3 Å². The molecular weight excluding hydrogens is 210 g/mol. The molecule has 0 aliphatic heterocycles. The summed E-state index contributed by atoms with van der Waals surface area (Å²) in [5.74, 6) is -1.74. The van der Waals surface area contributed by atoms with Crippen LogP contribution in [0.2, 0.25) is 0 Å². The number of benzene rings is 1. The Morgan fingerprint density at radius 2 is 2.00 bits per heavy atom. The van der Waals surface area contributed by atoms with Crippen LogP contribution in [0.4, 0.5) is 0 Å². The maximum absolute atomic E-state index is 10.8. The van der Waals surface area contributed by atoms with E-state index in [9.17, 15) is 9.59 Å². The van der Waals surface area contributed by atoms with Gasteiger partial charge in [0.1, 0.15) is 5.69 Å². The van der Waals surface area contributed by atoms with Gasteiger partial charge in [0.2, 0.25) is 0 Å². The van der Waals surface area contributed by atoms with Gasteiger partial charge in [-0.05, 0) is 0 Å². The topological polar surface area (TPSA) is 80.4 Å². The molecule has 16 heavy (non-hydrogen) atoms. The second-order valence-electron chi connectivity index (χ2n) is 3.06. The fourth-order valence-electron chi connectivity index (χ4n) is 1.36. The summed E-state index contributed by atoms with van der Waals surface area (Å²) in [6.07, 6.45) is 0.433. The predicted molar refractivity (Wildman–Crippen MR) is 54.3 cm³/mol. The first kappa shape index (κ1) is 10.1. The number of hydrogen-bond donors (Lipinski definition) is 1. The lowest BCUT2D eigenvalue weighted by Crippen LogP contribution is -1.98. The lowest BCUT2D eigenvalue weighted by molar-refractivity contribution is 0.0649. The third-order valence-corrected chi connectivity index (χ3v) is 2.09. The van der Waals surface area contributed by atoms with E-state index in [1.54, 1.807) is 24.3 Å². The summed E-state index contributed by atoms with van der Waals surface area (Å²) in [5.41, 5.74) is 0.840. The number of nitrogens with zero attached hydrogens (tertiary/aromatic N) is 1. The number of aldehydes is 1. The van der Waals surface area contributed by atoms with E-state index in [0.717, 1.165) is 0 Å². The van der Waals surface area contributed by atoms with Crippen LogP contribution in [0.15, 0.2) is 34.9 Å². The molecule has 5 nitrogen and oxygen atoms in total. The molecule has 1 aromatic carbocycles. The zero-order valence-electron chi connectivity index (χ0n) is 8.08. The summed E-state index contributed by atoms with van der Waals surface area (Å²) in [5, 5.41) is 12.4. The van der Waals surface area contributed by atoms with Gasteiger partial charge in [-0.3, -0.25) is 4.79 Å². The molecule has 1 N–H and O–H groups in total. The zero-order chi connectivity index (χ0) is 11.5. The summed E-state index contributed by atoms with van der Waals surface area (Å²) in [7, 11) is 0. The number of aromatic nitrogens is 1. The summed E-state index contributed by atoms with van der Waals surface area (Å²) in [6, 6.07) is 8.77. The number of aromatic carboxylic acids is 1. The number of hydrogen-bond acceptors (Lipinski definition) is 4. The van der Waals surface area contributed by atoms with Crippen LogP contribution in [0.25, 0.3) is 11.3 Å². The summed E-state index contributed by atoms with van der Waals surface area (Å²) < 4.78 is 4.62. The Morgan fingerprint density at radius 1 is 1.31 bits per heavy atom. The average Bonchev–Trinajstić information content (AvgIpc) is 2.73. The van der Waals surface area contributed by atoms with E-state index in [-0.39, 0.29) is 11.3 Å². The van der Waals surface area contributed by atoms with Crippen molar-refractivity contribution in [2.24, 2.45) is 0 Å². The van der Waals surface area contributed by atoms with Crippen molar-refractivity contribution in [3.63, 3.8) is 0 Å². The minimum absolute atomic E-state index is 0.0429. The third kappa shape index (κ3) is 1.58. The Balaban J connectivity index is 2.59. The van der Waals surface area contributed by atoms with Gasteiger partial charge in [0.25, 0.3) is 5.76 Å². The number of rotatable bonds is 3. The van der Waals surface area contributed by atoms with Crippen molar-refractivity contribution in [2.45, 2.75) is 0 Å². The van der Waals surface area contributed by atoms with Gasteiger partial charge in [-0.15, -0.1) is 0 Å². The Morgan fingerprint density at radius 3 is 2.56 bits per heavy atom. The van der Waals surface area contributed by atoms with E-state index >= 15 is 0 Å². The fourth-order valence-corrected chi connectivity index (χ4v) is 1.36. The molecule has 5 heteroatoms. The number of carboxylic acid groups (broad SMARTS) is 1. The summed E-state index contributed by atoms with van der Waals surface area (Å²) >= 11 is 0. The Kier molecular flexibility index (Phi) is 2.51. The molecular formula is C11H7NO4. The molecule has 0 fully saturated rings. The van der Waals surface area contributed by atoms with Crippen LogP contribution in [0.1, 0.15) is 20.9 Å². The molecule has 0 amide bonds. The van der Waals surface area contributed by atoms with Gasteiger partial charge in [0, 0.05) is 5.56 Å². The standard InChI is InChI=1S/C11H7NO4/c13-6-8-9(7-4-2-1-3-5-7)12-16-10(8)11(14)15/h1-6H,(H,14,15). The molecule has 0 aliphatic carbocycles. The second-order valence-corrected chi connectivity index (χ2v) is 3.06. The van der Waals surface area contributed by atoms with Gasteiger partial charge >= 0.3 is 5.97 Å². The lowest BCUT2D eigenvalue weighted by Gasteiger charge is -1.94. The molecule has 2 rings (SSSR count). The molecule has 1 aromatic heterocycles. The summed E-state index contributed by atoms with van der Waals surface area (Å²) in [6.45, 7) is 0. The van der Waals surface area contributed by atoms with Crippen molar-refractivity contribution < 1.29 is 19.2 Å². The van der Waals surface area contributed by atoms with E-state index in [2.05, 4.69) is 9.68 Å². The molecule has 1 heterocycles. The van der Waals surface area contributed by atoms with Crippen molar-refractivity contribution >= 4 is 12.3 Å². The quantitative estimate of drug-likeness (QED) is 0.793. The minimum Gasteiger partial charge on any atom is -0.475 e. The van der Waals surface area contributed by atoms with Crippen LogP contribution in [0.3, 0.4) is 0 Å². The summed E-state index contributed by atoms with van der Waals surface area (Å²) in [4.78, 5) is 21.6. The highest BCUT2D eigenvalue weighted by atomic mass is 16.5. The fraction of sp³-hybridized carbons (Fsp3) is 0. The minimum atomic E-state index is -1.31. The lowest BCUT2D eigenvalue weighted by atomic mass is 10.1. The van der Waals surface area contributed by atoms with Crippen LogP contribution in [0, 0.1) is 0 Å². The SMILES string of the molecule is O=Cc1c(-c2ccccc2)noc1C(=O)O. The zero-order valence-corrected chi connectivity index (χ0v) is 8.08. The molecule has 0 aliphatic rings. The van der Waals surface area contributed by atoms with Gasteiger partial charge in [0.05, 0.1) is 5.56 Å². The molecule has 0 unspecified atom stereocenters. The van der Waals surface area contributed by atoms with Crippen molar-refractivity contribution in [1.82, 2.24) is 5.16 Å². The molecule has 0 saturated carbocycles. The average molecular weight is 217 g/mol. The highest BCUT2D eigenvalue weighted by Crippen LogP contribution is 2.23. The van der Waals surface area contributed by atoms with E-state index in [1.165, 1.54) is 0 Å².